The van der Waals surface area contributed by atoms with Crippen LogP contribution >= 0.6 is 0 Å². The topological polar surface area (TPSA) is 61.0 Å². The van der Waals surface area contributed by atoms with Crippen molar-refractivity contribution >= 4 is 0 Å². The molecule has 1 radical (unpaired) electrons. The zero-order valence-electron chi connectivity index (χ0n) is 4.25. The van der Waals surface area contributed by atoms with Gasteiger partial charge in [0.25, 0.3) is 0 Å². The van der Waals surface area contributed by atoms with E-state index in [0.29, 0.717) is 0 Å². The molecule has 0 aliphatic carbocycles. The third-order valence-electron chi connectivity index (χ3n) is 0. The molecule has 6 heteroatoms. The minimum Gasteiger partial charge on any atom is -3.00 e. The van der Waals surface area contributed by atoms with Gasteiger partial charge in [-0.3, -0.25) is 0 Å². The molecule has 21 valence electrons. The Hall–Kier alpha value is 2.23. The Labute approximate surface area is 85.1 Å². The molecule has 0 saturated heterocycles. The molecular formula is FeLi3N2. The second-order valence-electron chi connectivity index (χ2n) is 0. The summed E-state index contributed by atoms with van der Waals surface area (Å²) in [4.78, 5) is 0. The Kier molecular flexibility index (Phi) is 812. The number of nitrogens with zero attached hydrogens (tertiary/aromatic N) is 2. The van der Waals surface area contributed by atoms with Crippen molar-refractivity contribution in [2.24, 2.45) is 0 Å². The van der Waals surface area contributed by atoms with Crippen LogP contribution in [0.15, 0.2) is 0 Å². The van der Waals surface area contributed by atoms with Crippen molar-refractivity contribution in [3.05, 3.63) is 12.3 Å². The third kappa shape index (κ3) is 34.2. The van der Waals surface area contributed by atoms with Crippen LogP contribution in [0.1, 0.15) is 0 Å². The first-order chi connectivity index (χ1) is 0. The fourth-order valence-corrected chi connectivity index (χ4v) is 0. The van der Waals surface area contributed by atoms with Gasteiger partial charge in [0.1, 0.15) is 0 Å². The standard InChI is InChI=1S/Fe.3Li.2N/q+3;3*+1;2*-3. The Morgan fingerprint density at radius 1 is 0.500 bits per heavy atom. The molecule has 0 spiro atoms. The number of rotatable bonds is 0. The zero-order valence-corrected chi connectivity index (χ0v) is 5.35. The molecule has 0 rings (SSSR count). The number of hydrogen-bond donors (Lipinski definition) is 0. The SMILES string of the molecule is [Fe+3].[Li+].[Li+].[Li+].[N-3].[N-3]. The van der Waals surface area contributed by atoms with E-state index in [1.807, 2.05) is 0 Å². The maximum atomic E-state index is 0. The van der Waals surface area contributed by atoms with Crippen molar-refractivity contribution in [2.75, 3.05) is 0 Å². The van der Waals surface area contributed by atoms with Crippen molar-refractivity contribution in [1.29, 1.82) is 0 Å². The second-order valence-corrected chi connectivity index (χ2v) is 0. The normalized spacial score (nSPS) is 0. The first kappa shape index (κ1) is 86.4. The van der Waals surface area contributed by atoms with Gasteiger partial charge >= 0.3 is 73.7 Å². The summed E-state index contributed by atoms with van der Waals surface area (Å²) in [6.07, 6.45) is 0. The summed E-state index contributed by atoms with van der Waals surface area (Å²) >= 11 is 0. The average Bonchev–Trinajstić information content (AvgIpc) is 0. The fraction of sp³-hybridized carbons (Fsp3) is 0. The van der Waals surface area contributed by atoms with E-state index in [4.69, 9.17) is 0 Å². The maximum absolute atomic E-state index is 0. The molecule has 0 aromatic rings. The van der Waals surface area contributed by atoms with E-state index < -0.39 is 0 Å². The number of hydrogen-bond acceptors (Lipinski definition) is 0. The smallest absolute Gasteiger partial charge is 3.00 e. The van der Waals surface area contributed by atoms with Crippen LogP contribution in [0, 0.1) is 0 Å². The zero-order chi connectivity index (χ0) is 0. The fourth-order valence-electron chi connectivity index (χ4n) is 0. The van der Waals surface area contributed by atoms with Gasteiger partial charge in [0.2, 0.25) is 0 Å². The first-order valence-electron chi connectivity index (χ1n) is 0. The Morgan fingerprint density at radius 2 is 0.500 bits per heavy atom. The Morgan fingerprint density at radius 3 is 0.500 bits per heavy atom. The van der Waals surface area contributed by atoms with Gasteiger partial charge in [-0.2, -0.15) is 0 Å². The molecule has 0 saturated carbocycles. The molecule has 0 aromatic carbocycles. The molecular weight excluding hydrogens is 105 g/mol. The van der Waals surface area contributed by atoms with E-state index in [1.54, 1.807) is 0 Å². The van der Waals surface area contributed by atoms with Gasteiger partial charge in [-0.05, 0) is 0 Å². The van der Waals surface area contributed by atoms with Crippen LogP contribution in [0.25, 0.3) is 12.3 Å². The summed E-state index contributed by atoms with van der Waals surface area (Å²) in [5.41, 5.74) is 0. The quantitative estimate of drug-likeness (QED) is 0.274. The van der Waals surface area contributed by atoms with Crippen LogP contribution in [0.3, 0.4) is 0 Å². The summed E-state index contributed by atoms with van der Waals surface area (Å²) in [5.74, 6) is 0. The predicted octanol–water partition coefficient (Wildman–Crippen LogP) is -8.41. The molecule has 2 nitrogen and oxygen atoms in total. The minimum atomic E-state index is 0. The van der Waals surface area contributed by atoms with E-state index in [9.17, 15) is 0 Å². The van der Waals surface area contributed by atoms with Gasteiger partial charge in [0.05, 0.1) is 0 Å². The van der Waals surface area contributed by atoms with Crippen LogP contribution < -0.4 is 56.6 Å². The van der Waals surface area contributed by atoms with Crippen LogP contribution in [-0.4, -0.2) is 0 Å². The van der Waals surface area contributed by atoms with Gasteiger partial charge in [-0.25, -0.2) is 0 Å². The summed E-state index contributed by atoms with van der Waals surface area (Å²) < 4.78 is 0. The molecule has 0 heterocycles. The Balaban J connectivity index is 0. The first-order valence-corrected chi connectivity index (χ1v) is 0. The third-order valence-corrected chi connectivity index (χ3v) is 0. The van der Waals surface area contributed by atoms with Crippen molar-refractivity contribution in [1.82, 2.24) is 0 Å². The van der Waals surface area contributed by atoms with Gasteiger partial charge < -0.3 is 12.3 Å². The van der Waals surface area contributed by atoms with E-state index in [2.05, 4.69) is 0 Å². The van der Waals surface area contributed by atoms with Crippen LogP contribution in [0.2, 0.25) is 0 Å². The van der Waals surface area contributed by atoms with E-state index in [1.165, 1.54) is 0 Å². The van der Waals surface area contributed by atoms with Crippen LogP contribution in [-0.2, 0) is 17.1 Å². The predicted molar refractivity (Wildman–Crippen MR) is 6.72 cm³/mol. The van der Waals surface area contributed by atoms with Crippen LogP contribution in [0.5, 0.6) is 0 Å². The van der Waals surface area contributed by atoms with Crippen molar-refractivity contribution < 1.29 is 73.7 Å². The van der Waals surface area contributed by atoms with Crippen LogP contribution in [0.4, 0.5) is 0 Å². The van der Waals surface area contributed by atoms with Crippen molar-refractivity contribution in [3.8, 4) is 0 Å². The molecule has 0 aliphatic rings. The summed E-state index contributed by atoms with van der Waals surface area (Å²) in [7, 11) is 0. The second kappa shape index (κ2) is 56.4. The summed E-state index contributed by atoms with van der Waals surface area (Å²) in [6, 6.07) is 0. The molecule has 0 aliphatic heterocycles. The monoisotopic (exact) mass is 105 g/mol. The average molecular weight is 105 g/mol. The Bertz CT molecular complexity index is 8.75. The van der Waals surface area contributed by atoms with Gasteiger partial charge in [0.15, 0.2) is 0 Å². The molecule has 0 atom stereocenters. The van der Waals surface area contributed by atoms with E-state index >= 15 is 0 Å². The van der Waals surface area contributed by atoms with Gasteiger partial charge in [0, 0.05) is 0 Å². The van der Waals surface area contributed by atoms with Gasteiger partial charge in [-0.1, -0.05) is 0 Å². The molecule has 0 bridgehead atoms. The summed E-state index contributed by atoms with van der Waals surface area (Å²) in [5, 5.41) is 0. The summed E-state index contributed by atoms with van der Waals surface area (Å²) in [6.45, 7) is 0. The molecule has 0 aromatic heterocycles. The molecule has 0 fully saturated rings. The van der Waals surface area contributed by atoms with Gasteiger partial charge in [-0.15, -0.1) is 0 Å². The molecule has 6 heavy (non-hydrogen) atoms. The van der Waals surface area contributed by atoms with Crippen molar-refractivity contribution in [3.63, 3.8) is 0 Å². The molecule has 0 unspecified atom stereocenters. The van der Waals surface area contributed by atoms with Crippen molar-refractivity contribution in [2.45, 2.75) is 0 Å². The van der Waals surface area contributed by atoms with E-state index in [0.717, 1.165) is 0 Å². The largest absolute Gasteiger partial charge is 3.00 e. The van der Waals surface area contributed by atoms with E-state index in [-0.39, 0.29) is 86.0 Å². The molecule has 0 amide bonds. The molecule has 0 N–H and O–H groups in total. The minimum absolute atomic E-state index is 0. The maximum Gasteiger partial charge on any atom is 3.00 e.